The lowest BCUT2D eigenvalue weighted by atomic mass is 9.92. The maximum Gasteiger partial charge on any atom is 0.338 e. The Bertz CT molecular complexity index is 1000. The SMILES string of the molecule is CCOC(=O)C1=C(c2ccc(OC)cc2)NC(=O)NC1c1ccc(OC)c(O)c1Br. The maximum atomic E-state index is 12.9. The molecule has 0 radical (unpaired) electrons. The van der Waals surface area contributed by atoms with Crippen LogP contribution in [-0.4, -0.2) is 37.9 Å². The number of phenolic OH excluding ortho intramolecular Hbond substituents is 1. The molecule has 2 amide bonds. The highest BCUT2D eigenvalue weighted by atomic mass is 79.9. The zero-order chi connectivity index (χ0) is 21.8. The molecule has 0 aliphatic carbocycles. The van der Waals surface area contributed by atoms with Crippen molar-refractivity contribution in [2.45, 2.75) is 13.0 Å². The van der Waals surface area contributed by atoms with Crippen LogP contribution in [0.2, 0.25) is 0 Å². The van der Waals surface area contributed by atoms with Crippen molar-refractivity contribution in [3.8, 4) is 17.2 Å². The lowest BCUT2D eigenvalue weighted by Gasteiger charge is -2.30. The Hall–Kier alpha value is -3.20. The zero-order valence-corrected chi connectivity index (χ0v) is 18.2. The number of methoxy groups -OCH3 is 2. The molecule has 1 heterocycles. The van der Waals surface area contributed by atoms with Crippen molar-refractivity contribution in [3.05, 3.63) is 57.6 Å². The Kier molecular flexibility index (Phi) is 6.51. The van der Waals surface area contributed by atoms with Crippen LogP contribution >= 0.6 is 15.9 Å². The summed E-state index contributed by atoms with van der Waals surface area (Å²) in [5.74, 6) is 0.152. The van der Waals surface area contributed by atoms with Gasteiger partial charge in [-0.15, -0.1) is 0 Å². The minimum absolute atomic E-state index is 0.142. The van der Waals surface area contributed by atoms with Gasteiger partial charge < -0.3 is 30.0 Å². The Balaban J connectivity index is 2.21. The number of carbonyl (C=O) groups excluding carboxylic acids is 2. The molecular weight excluding hydrogens is 456 g/mol. The summed E-state index contributed by atoms with van der Waals surface area (Å²) < 4.78 is 15.9. The van der Waals surface area contributed by atoms with Crippen LogP contribution in [0.5, 0.6) is 17.2 Å². The van der Waals surface area contributed by atoms with E-state index < -0.39 is 18.0 Å². The maximum absolute atomic E-state index is 12.9. The smallest absolute Gasteiger partial charge is 0.338 e. The van der Waals surface area contributed by atoms with Gasteiger partial charge in [0.25, 0.3) is 0 Å². The topological polar surface area (TPSA) is 106 Å². The molecule has 1 atom stereocenters. The van der Waals surface area contributed by atoms with Gasteiger partial charge >= 0.3 is 12.0 Å². The van der Waals surface area contributed by atoms with Crippen molar-refractivity contribution < 1.29 is 28.9 Å². The van der Waals surface area contributed by atoms with E-state index in [4.69, 9.17) is 14.2 Å². The van der Waals surface area contributed by atoms with Crippen molar-refractivity contribution in [2.75, 3.05) is 20.8 Å². The largest absolute Gasteiger partial charge is 0.503 e. The minimum atomic E-state index is -0.874. The number of ether oxygens (including phenoxy) is 3. The summed E-state index contributed by atoms with van der Waals surface area (Å²) in [5, 5.41) is 15.8. The van der Waals surface area contributed by atoms with E-state index in [-0.39, 0.29) is 23.7 Å². The summed E-state index contributed by atoms with van der Waals surface area (Å²) in [7, 11) is 2.98. The lowest BCUT2D eigenvalue weighted by molar-refractivity contribution is -0.138. The van der Waals surface area contributed by atoms with E-state index in [2.05, 4.69) is 26.6 Å². The number of urea groups is 1. The molecule has 0 saturated carbocycles. The zero-order valence-electron chi connectivity index (χ0n) is 16.6. The van der Waals surface area contributed by atoms with Gasteiger partial charge in [0.05, 0.1) is 42.6 Å². The summed E-state index contributed by atoms with van der Waals surface area (Å²) >= 11 is 3.35. The highest BCUT2D eigenvalue weighted by Crippen LogP contribution is 2.42. The number of phenols is 1. The summed E-state index contributed by atoms with van der Waals surface area (Å²) in [5.41, 5.74) is 1.59. The van der Waals surface area contributed by atoms with E-state index in [1.165, 1.54) is 7.11 Å². The highest BCUT2D eigenvalue weighted by molar-refractivity contribution is 9.10. The molecule has 30 heavy (non-hydrogen) atoms. The van der Waals surface area contributed by atoms with E-state index in [0.29, 0.717) is 27.0 Å². The molecule has 1 unspecified atom stereocenters. The number of rotatable bonds is 6. The molecule has 0 fully saturated rings. The van der Waals surface area contributed by atoms with E-state index >= 15 is 0 Å². The van der Waals surface area contributed by atoms with Crippen LogP contribution in [0.1, 0.15) is 24.1 Å². The third-order valence-electron chi connectivity index (χ3n) is 4.59. The molecule has 0 bridgehead atoms. The third kappa shape index (κ3) is 4.06. The third-order valence-corrected chi connectivity index (χ3v) is 5.42. The monoisotopic (exact) mass is 476 g/mol. The molecule has 1 aliphatic rings. The second kappa shape index (κ2) is 9.08. The predicted octanol–water partition coefficient (Wildman–Crippen LogP) is 3.50. The van der Waals surface area contributed by atoms with E-state index in [1.807, 2.05) is 0 Å². The van der Waals surface area contributed by atoms with Gasteiger partial charge in [0.2, 0.25) is 0 Å². The first kappa shape index (κ1) is 21.5. The fourth-order valence-electron chi connectivity index (χ4n) is 3.16. The van der Waals surface area contributed by atoms with Crippen LogP contribution < -0.4 is 20.1 Å². The highest BCUT2D eigenvalue weighted by Gasteiger charge is 2.36. The number of amides is 2. The molecule has 2 aromatic carbocycles. The van der Waals surface area contributed by atoms with Crippen molar-refractivity contribution in [1.29, 1.82) is 0 Å². The van der Waals surface area contributed by atoms with Crippen LogP contribution in [0.3, 0.4) is 0 Å². The molecule has 3 N–H and O–H groups in total. The Morgan fingerprint density at radius 1 is 1.13 bits per heavy atom. The minimum Gasteiger partial charge on any atom is -0.503 e. The number of aromatic hydroxyl groups is 1. The molecule has 0 aromatic heterocycles. The molecule has 0 spiro atoms. The number of halogens is 1. The Morgan fingerprint density at radius 3 is 2.43 bits per heavy atom. The van der Waals surface area contributed by atoms with Crippen LogP contribution in [0.4, 0.5) is 4.79 Å². The summed E-state index contributed by atoms with van der Waals surface area (Å²) in [6.07, 6.45) is 0. The van der Waals surface area contributed by atoms with Gasteiger partial charge in [-0.2, -0.15) is 0 Å². The number of hydrogen-bond acceptors (Lipinski definition) is 6. The van der Waals surface area contributed by atoms with Crippen molar-refractivity contribution in [2.24, 2.45) is 0 Å². The molecule has 3 rings (SSSR count). The number of nitrogens with one attached hydrogen (secondary N) is 2. The van der Waals surface area contributed by atoms with Gasteiger partial charge in [0, 0.05) is 0 Å². The van der Waals surface area contributed by atoms with Gasteiger partial charge in [-0.25, -0.2) is 9.59 Å². The van der Waals surface area contributed by atoms with Crippen LogP contribution in [0.15, 0.2) is 46.4 Å². The van der Waals surface area contributed by atoms with E-state index in [1.54, 1.807) is 50.4 Å². The average Bonchev–Trinajstić information content (AvgIpc) is 2.75. The first-order chi connectivity index (χ1) is 14.4. The van der Waals surface area contributed by atoms with Gasteiger partial charge in [-0.1, -0.05) is 6.07 Å². The van der Waals surface area contributed by atoms with Gasteiger partial charge in [0.15, 0.2) is 11.5 Å². The van der Waals surface area contributed by atoms with E-state index in [0.717, 1.165) is 0 Å². The lowest BCUT2D eigenvalue weighted by Crippen LogP contribution is -2.45. The molecule has 2 aromatic rings. The average molecular weight is 477 g/mol. The van der Waals surface area contributed by atoms with Crippen LogP contribution in [-0.2, 0) is 9.53 Å². The summed E-state index contributed by atoms with van der Waals surface area (Å²) in [4.78, 5) is 25.4. The Morgan fingerprint density at radius 2 is 1.83 bits per heavy atom. The number of benzene rings is 2. The van der Waals surface area contributed by atoms with Crippen LogP contribution in [0.25, 0.3) is 5.70 Å². The predicted molar refractivity (Wildman–Crippen MR) is 113 cm³/mol. The standard InChI is InChI=1S/C21H21BrN2O6/c1-4-30-20(26)15-17(11-5-7-12(28-2)8-6-11)23-21(27)24-18(15)13-9-10-14(29-3)19(25)16(13)22/h5-10,18,25H,4H2,1-3H3,(H2,23,24,27). The van der Waals surface area contributed by atoms with E-state index in [9.17, 15) is 14.7 Å². The normalized spacial score (nSPS) is 15.9. The second-order valence-electron chi connectivity index (χ2n) is 6.29. The van der Waals surface area contributed by atoms with Crippen molar-refractivity contribution >= 4 is 33.6 Å². The fourth-order valence-corrected chi connectivity index (χ4v) is 3.72. The van der Waals surface area contributed by atoms with Crippen molar-refractivity contribution in [3.63, 3.8) is 0 Å². The van der Waals surface area contributed by atoms with Crippen molar-refractivity contribution in [1.82, 2.24) is 10.6 Å². The molecular formula is C21H21BrN2O6. The first-order valence-electron chi connectivity index (χ1n) is 9.09. The summed E-state index contributed by atoms with van der Waals surface area (Å²) in [6, 6.07) is 8.76. The molecule has 0 saturated heterocycles. The number of carbonyl (C=O) groups is 2. The Labute approximate surface area is 182 Å². The fraction of sp³-hybridized carbons (Fsp3) is 0.238. The second-order valence-corrected chi connectivity index (χ2v) is 7.08. The summed E-state index contributed by atoms with van der Waals surface area (Å²) in [6.45, 7) is 1.86. The molecule has 9 heteroatoms. The molecule has 8 nitrogen and oxygen atoms in total. The molecule has 1 aliphatic heterocycles. The van der Waals surface area contributed by atoms with Crippen LogP contribution in [0, 0.1) is 0 Å². The molecule has 158 valence electrons. The number of esters is 1. The number of hydrogen-bond donors (Lipinski definition) is 3. The van der Waals surface area contributed by atoms with Gasteiger partial charge in [-0.05, 0) is 64.3 Å². The van der Waals surface area contributed by atoms with Gasteiger partial charge in [0.1, 0.15) is 5.75 Å². The quantitative estimate of drug-likeness (QED) is 0.550. The first-order valence-corrected chi connectivity index (χ1v) is 9.89. The van der Waals surface area contributed by atoms with Gasteiger partial charge in [-0.3, -0.25) is 0 Å².